The molecule has 0 saturated heterocycles. The van der Waals surface area contributed by atoms with Gasteiger partial charge in [-0.3, -0.25) is 9.98 Å². The van der Waals surface area contributed by atoms with Crippen LogP contribution in [0.15, 0.2) is 156 Å². The summed E-state index contributed by atoms with van der Waals surface area (Å²) in [6.45, 7) is 0. The Labute approximate surface area is 265 Å². The lowest BCUT2D eigenvalue weighted by atomic mass is 9.91. The Morgan fingerprint density at radius 2 is 0.674 bits per heavy atom. The van der Waals surface area contributed by atoms with E-state index in [2.05, 4.69) is 36.4 Å². The smallest absolute Gasteiger partial charge is 0.124 e. The zero-order valence-corrected chi connectivity index (χ0v) is 24.8. The number of hydrogen-bond acceptors (Lipinski definition) is 4. The molecular formula is C42H28N2O2. The van der Waals surface area contributed by atoms with Gasteiger partial charge in [-0.15, -0.1) is 0 Å². The van der Waals surface area contributed by atoms with Crippen LogP contribution in [0.5, 0.6) is 11.5 Å². The number of hydrogen-bond donors (Lipinski definition) is 2. The van der Waals surface area contributed by atoms with Gasteiger partial charge < -0.3 is 10.2 Å². The van der Waals surface area contributed by atoms with Crippen LogP contribution in [-0.2, 0) is 0 Å². The first-order valence-electron chi connectivity index (χ1n) is 15.2. The SMILES string of the molecule is Oc1ccc2ccccc2c1C=Nc1ccc2ccccc2c1-c1c(N=Cc2c(O)ccc3ccccc23)ccc2ccccc12. The van der Waals surface area contributed by atoms with Crippen molar-refractivity contribution in [2.24, 2.45) is 9.98 Å². The molecule has 0 radical (unpaired) electrons. The second kappa shape index (κ2) is 11.3. The van der Waals surface area contributed by atoms with E-state index in [1.807, 2.05) is 97.1 Å². The van der Waals surface area contributed by atoms with Gasteiger partial charge in [-0.2, -0.15) is 0 Å². The Hall–Kier alpha value is -6.26. The molecule has 46 heavy (non-hydrogen) atoms. The van der Waals surface area contributed by atoms with Crippen LogP contribution in [-0.4, -0.2) is 22.6 Å². The first kappa shape index (κ1) is 27.3. The molecule has 4 nitrogen and oxygen atoms in total. The van der Waals surface area contributed by atoms with E-state index in [1.165, 1.54) is 0 Å². The molecule has 218 valence electrons. The molecule has 8 aromatic rings. The number of benzene rings is 8. The van der Waals surface area contributed by atoms with Crippen LogP contribution in [0.2, 0.25) is 0 Å². The number of nitrogens with zero attached hydrogens (tertiary/aromatic N) is 2. The van der Waals surface area contributed by atoms with E-state index in [1.54, 1.807) is 24.6 Å². The van der Waals surface area contributed by atoms with Gasteiger partial charge in [-0.05, 0) is 67.4 Å². The number of phenols is 2. The molecule has 0 fully saturated rings. The molecule has 0 heterocycles. The van der Waals surface area contributed by atoms with Gasteiger partial charge in [0, 0.05) is 34.7 Å². The fraction of sp³-hybridized carbons (Fsp3) is 0. The monoisotopic (exact) mass is 592 g/mol. The quantitative estimate of drug-likeness (QED) is 0.195. The van der Waals surface area contributed by atoms with Crippen LogP contribution in [0.3, 0.4) is 0 Å². The molecule has 0 aliphatic carbocycles. The van der Waals surface area contributed by atoms with Gasteiger partial charge in [0.25, 0.3) is 0 Å². The number of aromatic hydroxyl groups is 2. The summed E-state index contributed by atoms with van der Waals surface area (Å²) >= 11 is 0. The van der Waals surface area contributed by atoms with E-state index in [0.717, 1.165) is 65.6 Å². The first-order chi connectivity index (χ1) is 22.7. The second-order valence-corrected chi connectivity index (χ2v) is 11.3. The van der Waals surface area contributed by atoms with Crippen molar-refractivity contribution in [2.45, 2.75) is 0 Å². The summed E-state index contributed by atoms with van der Waals surface area (Å²) in [5.74, 6) is 0.352. The first-order valence-corrected chi connectivity index (χ1v) is 15.2. The zero-order valence-electron chi connectivity index (χ0n) is 24.8. The molecule has 0 aliphatic heterocycles. The van der Waals surface area contributed by atoms with Crippen LogP contribution >= 0.6 is 0 Å². The van der Waals surface area contributed by atoms with E-state index in [4.69, 9.17) is 9.98 Å². The Morgan fingerprint density at radius 1 is 0.348 bits per heavy atom. The van der Waals surface area contributed by atoms with E-state index < -0.39 is 0 Å². The van der Waals surface area contributed by atoms with Crippen molar-refractivity contribution in [3.05, 3.63) is 157 Å². The maximum atomic E-state index is 10.9. The highest BCUT2D eigenvalue weighted by molar-refractivity contribution is 6.14. The highest BCUT2D eigenvalue weighted by Crippen LogP contribution is 2.46. The van der Waals surface area contributed by atoms with Gasteiger partial charge in [0.1, 0.15) is 11.5 Å². The van der Waals surface area contributed by atoms with Crippen molar-refractivity contribution in [3.63, 3.8) is 0 Å². The number of phenolic OH excluding ortho intramolecular Hbond substituents is 2. The zero-order chi connectivity index (χ0) is 31.0. The van der Waals surface area contributed by atoms with Gasteiger partial charge in [-0.1, -0.05) is 121 Å². The van der Waals surface area contributed by atoms with Gasteiger partial charge in [0.05, 0.1) is 11.4 Å². The minimum atomic E-state index is 0.176. The summed E-state index contributed by atoms with van der Waals surface area (Å²) in [7, 11) is 0. The molecule has 8 rings (SSSR count). The van der Waals surface area contributed by atoms with Crippen molar-refractivity contribution in [3.8, 4) is 22.6 Å². The molecule has 8 aromatic carbocycles. The van der Waals surface area contributed by atoms with Crippen LogP contribution in [0.25, 0.3) is 54.2 Å². The summed E-state index contributed by atoms with van der Waals surface area (Å²) in [5.41, 5.74) is 4.73. The third-order valence-corrected chi connectivity index (χ3v) is 8.62. The minimum Gasteiger partial charge on any atom is -0.507 e. The molecule has 0 aromatic heterocycles. The van der Waals surface area contributed by atoms with Crippen molar-refractivity contribution in [1.82, 2.24) is 0 Å². The molecular weight excluding hydrogens is 564 g/mol. The van der Waals surface area contributed by atoms with Crippen LogP contribution < -0.4 is 0 Å². The Kier molecular flexibility index (Phi) is 6.73. The second-order valence-electron chi connectivity index (χ2n) is 11.3. The molecule has 0 unspecified atom stereocenters. The molecule has 0 amide bonds. The highest BCUT2D eigenvalue weighted by Gasteiger charge is 2.17. The van der Waals surface area contributed by atoms with Crippen molar-refractivity contribution >= 4 is 66.9 Å². The molecule has 0 saturated carbocycles. The summed E-state index contributed by atoms with van der Waals surface area (Å²) in [5, 5.41) is 29.9. The van der Waals surface area contributed by atoms with Crippen LogP contribution in [0, 0.1) is 0 Å². The largest absolute Gasteiger partial charge is 0.507 e. The molecule has 0 aliphatic rings. The summed E-state index contributed by atoms with van der Waals surface area (Å²) in [6.07, 6.45) is 3.51. The van der Waals surface area contributed by atoms with E-state index >= 15 is 0 Å². The topological polar surface area (TPSA) is 65.2 Å². The predicted molar refractivity (Wildman–Crippen MR) is 193 cm³/mol. The lowest BCUT2D eigenvalue weighted by molar-refractivity contribution is 0.475. The summed E-state index contributed by atoms with van der Waals surface area (Å²) < 4.78 is 0. The van der Waals surface area contributed by atoms with Crippen LogP contribution in [0.1, 0.15) is 11.1 Å². The third-order valence-electron chi connectivity index (χ3n) is 8.62. The average molecular weight is 593 g/mol. The molecule has 0 bridgehead atoms. The Bertz CT molecular complexity index is 2340. The van der Waals surface area contributed by atoms with Crippen molar-refractivity contribution in [1.29, 1.82) is 0 Å². The summed E-state index contributed by atoms with van der Waals surface area (Å²) in [6, 6.07) is 48.0. The number of rotatable bonds is 5. The predicted octanol–water partition coefficient (Wildman–Crippen LogP) is 10.9. The molecule has 4 heteroatoms. The normalized spacial score (nSPS) is 11.9. The molecule has 0 spiro atoms. The Balaban J connectivity index is 1.39. The fourth-order valence-electron chi connectivity index (χ4n) is 6.37. The number of aliphatic imine (C=N–C) groups is 2. The maximum absolute atomic E-state index is 10.9. The van der Waals surface area contributed by atoms with Crippen molar-refractivity contribution in [2.75, 3.05) is 0 Å². The molecule has 0 atom stereocenters. The molecule has 2 N–H and O–H groups in total. The summed E-state index contributed by atoms with van der Waals surface area (Å²) in [4.78, 5) is 10.1. The third kappa shape index (κ3) is 4.73. The Morgan fingerprint density at radius 3 is 1.09 bits per heavy atom. The average Bonchev–Trinajstić information content (AvgIpc) is 3.10. The standard InChI is InChI=1S/C42H28N2O2/c45-39-23-19-27-9-1-5-13-31(27)35(39)25-43-37-21-17-29-11-3-7-15-33(29)41(37)42-34-16-8-4-12-30(34)18-22-38(42)44-26-36-32-14-6-2-10-28(32)20-24-40(36)46/h1-26,45-46H. The van der Waals surface area contributed by atoms with E-state index in [-0.39, 0.29) is 11.5 Å². The highest BCUT2D eigenvalue weighted by atomic mass is 16.3. The van der Waals surface area contributed by atoms with Gasteiger partial charge in [0.2, 0.25) is 0 Å². The minimum absolute atomic E-state index is 0.176. The lowest BCUT2D eigenvalue weighted by Gasteiger charge is -2.16. The van der Waals surface area contributed by atoms with Crippen molar-refractivity contribution < 1.29 is 10.2 Å². The maximum Gasteiger partial charge on any atom is 0.124 e. The van der Waals surface area contributed by atoms with E-state index in [0.29, 0.717) is 11.1 Å². The van der Waals surface area contributed by atoms with Gasteiger partial charge >= 0.3 is 0 Å². The van der Waals surface area contributed by atoms with Gasteiger partial charge in [-0.25, -0.2) is 0 Å². The van der Waals surface area contributed by atoms with E-state index in [9.17, 15) is 10.2 Å². The fourth-order valence-corrected chi connectivity index (χ4v) is 6.37. The lowest BCUT2D eigenvalue weighted by Crippen LogP contribution is -1.90. The van der Waals surface area contributed by atoms with Gasteiger partial charge in [0.15, 0.2) is 0 Å². The number of fused-ring (bicyclic) bond motifs is 4. The van der Waals surface area contributed by atoms with Crippen LogP contribution in [0.4, 0.5) is 11.4 Å².